The Hall–Kier alpha value is -4.68. The maximum Gasteiger partial charge on any atom is 0.209 e. The summed E-state index contributed by atoms with van der Waals surface area (Å²) < 4.78 is 0. The minimum atomic E-state index is -0.125. The first-order valence-corrected chi connectivity index (χ1v) is 14.2. The number of nitrogens with one attached hydrogen (secondary N) is 2. The average molecular weight is 549 g/mol. The Morgan fingerprint density at radius 1 is 0.537 bits per heavy atom. The highest BCUT2D eigenvalue weighted by Crippen LogP contribution is 2.20. The van der Waals surface area contributed by atoms with Crippen LogP contribution < -0.4 is 10.6 Å². The summed E-state index contributed by atoms with van der Waals surface area (Å²) in [5.74, 6) is 11.8. The van der Waals surface area contributed by atoms with Crippen molar-refractivity contribution in [3.05, 3.63) is 94.3 Å². The van der Waals surface area contributed by atoms with Gasteiger partial charge in [0.25, 0.3) is 0 Å². The fraction of sp³-hybridized carbons (Fsp3) is 0.314. The van der Waals surface area contributed by atoms with Gasteiger partial charge in [-0.15, -0.1) is 23.7 Å². The molecule has 0 fully saturated rings. The number of fused-ring (bicyclic) bond motifs is 2. The van der Waals surface area contributed by atoms with Crippen molar-refractivity contribution in [2.24, 2.45) is 0 Å². The molecule has 2 aromatic carbocycles. The number of Topliss-reactive ketones (excluding diaryl/α,β-unsaturated/α-hetero) is 2. The molecule has 0 atom stereocenters. The summed E-state index contributed by atoms with van der Waals surface area (Å²) in [6.45, 7) is 5.37. The van der Waals surface area contributed by atoms with Gasteiger partial charge in [-0.05, 0) is 12.8 Å². The molecule has 2 aliphatic carbocycles. The zero-order chi connectivity index (χ0) is 29.5. The fourth-order valence-electron chi connectivity index (χ4n) is 4.16. The van der Waals surface area contributed by atoms with Gasteiger partial charge in [-0.3, -0.25) is 19.2 Å². The maximum absolute atomic E-state index is 12.2. The lowest BCUT2D eigenvalue weighted by molar-refractivity contribution is 0.0978. The number of allylic oxidation sites excluding steroid dienone is 4. The van der Waals surface area contributed by atoms with E-state index >= 15 is 0 Å². The predicted molar refractivity (Wildman–Crippen MR) is 162 cm³/mol. The predicted octanol–water partition coefficient (Wildman–Crippen LogP) is 5.86. The van der Waals surface area contributed by atoms with E-state index in [1.165, 1.54) is 12.2 Å². The van der Waals surface area contributed by atoms with Gasteiger partial charge in [0.15, 0.2) is 11.6 Å². The van der Waals surface area contributed by atoms with E-state index < -0.39 is 0 Å². The molecule has 0 radical (unpaired) electrons. The second kappa shape index (κ2) is 16.4. The van der Waals surface area contributed by atoms with Gasteiger partial charge >= 0.3 is 0 Å². The number of hydrogen-bond donors (Lipinski definition) is 2. The Morgan fingerprint density at radius 3 is 1.39 bits per heavy atom. The summed E-state index contributed by atoms with van der Waals surface area (Å²) in [5, 5.41) is 6.03. The lowest BCUT2D eigenvalue weighted by Crippen LogP contribution is -2.27. The van der Waals surface area contributed by atoms with Crippen LogP contribution in [0.5, 0.6) is 0 Å². The molecule has 0 bridgehead atoms. The fourth-order valence-corrected chi connectivity index (χ4v) is 4.16. The van der Waals surface area contributed by atoms with Crippen molar-refractivity contribution in [3.63, 3.8) is 0 Å². The van der Waals surface area contributed by atoms with Crippen molar-refractivity contribution in [2.75, 3.05) is 13.1 Å². The number of carbonyl (C=O) groups excluding carboxylic acids is 4. The topological polar surface area (TPSA) is 92.3 Å². The van der Waals surface area contributed by atoms with Crippen LogP contribution >= 0.6 is 0 Å². The standard InChI is InChI=1S/C18H19NO2.C17H17NO2/c1-2-3-4-5-6-9-12-19-16-13-17(20)14-10-7-8-11-15(14)18(16)21;1-2-3-4-5-8-11-18-15-12-16(19)13-9-6-7-10-14(13)17(15)20/h7-8,10-11,13,19H,2-4,9,12H2,1H3;6-7,9-10,12,18H,2-3,8,11H2,1H3. The summed E-state index contributed by atoms with van der Waals surface area (Å²) in [4.78, 5) is 48.3. The van der Waals surface area contributed by atoms with E-state index in [9.17, 15) is 19.2 Å². The van der Waals surface area contributed by atoms with Gasteiger partial charge in [0.05, 0.1) is 11.4 Å². The molecule has 0 amide bonds. The normalized spacial score (nSPS) is 13.1. The van der Waals surface area contributed by atoms with Crippen LogP contribution in [-0.4, -0.2) is 36.2 Å². The Kier molecular flexibility index (Phi) is 12.4. The molecule has 0 spiro atoms. The molecule has 0 aliphatic heterocycles. The van der Waals surface area contributed by atoms with Crippen molar-refractivity contribution in [3.8, 4) is 23.7 Å². The Labute approximate surface area is 242 Å². The van der Waals surface area contributed by atoms with E-state index in [4.69, 9.17) is 0 Å². The minimum Gasteiger partial charge on any atom is -0.381 e. The van der Waals surface area contributed by atoms with E-state index in [1.54, 1.807) is 48.5 Å². The number of benzene rings is 2. The van der Waals surface area contributed by atoms with Crippen molar-refractivity contribution < 1.29 is 19.2 Å². The van der Waals surface area contributed by atoms with Crippen molar-refractivity contribution in [1.82, 2.24) is 10.6 Å². The number of rotatable bonds is 9. The summed E-state index contributed by atoms with van der Waals surface area (Å²) in [7, 11) is 0. The van der Waals surface area contributed by atoms with Gasteiger partial charge < -0.3 is 10.6 Å². The number of hydrogen-bond acceptors (Lipinski definition) is 6. The van der Waals surface area contributed by atoms with Gasteiger partial charge in [0.2, 0.25) is 11.6 Å². The molecule has 2 aromatic rings. The third-order valence-electron chi connectivity index (χ3n) is 6.33. The van der Waals surface area contributed by atoms with E-state index in [0.717, 1.165) is 32.1 Å². The quantitative estimate of drug-likeness (QED) is 0.301. The molecule has 4 rings (SSSR count). The van der Waals surface area contributed by atoms with Crippen LogP contribution in [-0.2, 0) is 0 Å². The van der Waals surface area contributed by atoms with Gasteiger partial charge in [-0.1, -0.05) is 68.8 Å². The SMILES string of the molecule is CCCC#CCCNC1=CC(=O)c2ccccc2C1=O.CCCCC#CCCNC1=CC(=O)c2ccccc2C1=O. The van der Waals surface area contributed by atoms with Crippen molar-refractivity contribution >= 4 is 23.1 Å². The van der Waals surface area contributed by atoms with Crippen LogP contribution in [0.1, 0.15) is 100 Å². The van der Waals surface area contributed by atoms with Crippen LogP contribution in [0, 0.1) is 23.7 Å². The third kappa shape index (κ3) is 8.92. The lowest BCUT2D eigenvalue weighted by Gasteiger charge is -2.15. The molecule has 6 nitrogen and oxygen atoms in total. The smallest absolute Gasteiger partial charge is 0.209 e. The number of ketones is 4. The van der Waals surface area contributed by atoms with Crippen LogP contribution in [0.2, 0.25) is 0 Å². The van der Waals surface area contributed by atoms with E-state index in [1.807, 2.05) is 0 Å². The maximum atomic E-state index is 12.2. The van der Waals surface area contributed by atoms with Crippen molar-refractivity contribution in [1.29, 1.82) is 0 Å². The third-order valence-corrected chi connectivity index (χ3v) is 6.33. The number of unbranched alkanes of at least 4 members (excludes halogenated alkanes) is 3. The molecular weight excluding hydrogens is 512 g/mol. The largest absolute Gasteiger partial charge is 0.381 e. The Balaban J connectivity index is 0.000000226. The van der Waals surface area contributed by atoms with Gasteiger partial charge in [-0.25, -0.2) is 0 Å². The molecule has 2 N–H and O–H groups in total. The highest BCUT2D eigenvalue weighted by Gasteiger charge is 2.25. The Morgan fingerprint density at radius 2 is 0.951 bits per heavy atom. The highest BCUT2D eigenvalue weighted by atomic mass is 16.1. The first-order chi connectivity index (χ1) is 20.0. The van der Waals surface area contributed by atoms with Gasteiger partial charge in [0.1, 0.15) is 0 Å². The van der Waals surface area contributed by atoms with Crippen LogP contribution in [0.4, 0.5) is 0 Å². The van der Waals surface area contributed by atoms with Gasteiger partial charge in [-0.2, -0.15) is 0 Å². The van der Waals surface area contributed by atoms with Crippen molar-refractivity contribution in [2.45, 2.75) is 58.8 Å². The molecule has 2 aliphatic rings. The van der Waals surface area contributed by atoms with E-state index in [2.05, 4.69) is 48.2 Å². The molecule has 0 aromatic heterocycles. The molecule has 0 unspecified atom stereocenters. The summed E-state index contributed by atoms with van der Waals surface area (Å²) in [6, 6.07) is 13.8. The molecule has 210 valence electrons. The van der Waals surface area contributed by atoms with E-state index in [0.29, 0.717) is 59.6 Å². The van der Waals surface area contributed by atoms with Crippen LogP contribution in [0.15, 0.2) is 72.1 Å². The summed E-state index contributed by atoms with van der Waals surface area (Å²) in [5.41, 5.74) is 2.64. The summed E-state index contributed by atoms with van der Waals surface area (Å²) >= 11 is 0. The molecule has 6 heteroatoms. The number of carbonyl (C=O) groups is 4. The molecular formula is C35H36N2O4. The highest BCUT2D eigenvalue weighted by molar-refractivity contribution is 6.25. The first-order valence-electron chi connectivity index (χ1n) is 14.2. The van der Waals surface area contributed by atoms with Gasteiger partial charge in [0, 0.05) is 73.2 Å². The van der Waals surface area contributed by atoms with E-state index in [-0.39, 0.29) is 23.1 Å². The molecule has 41 heavy (non-hydrogen) atoms. The lowest BCUT2D eigenvalue weighted by atomic mass is 9.93. The monoisotopic (exact) mass is 548 g/mol. The summed E-state index contributed by atoms with van der Waals surface area (Å²) in [6.07, 6.45) is 9.24. The molecule has 0 heterocycles. The zero-order valence-corrected chi connectivity index (χ0v) is 23.8. The molecule has 0 saturated carbocycles. The minimum absolute atomic E-state index is 0.121. The second-order valence-electron chi connectivity index (χ2n) is 9.51. The first kappa shape index (κ1) is 30.9. The second-order valence-corrected chi connectivity index (χ2v) is 9.51. The molecule has 0 saturated heterocycles. The average Bonchev–Trinajstić information content (AvgIpc) is 2.99. The zero-order valence-electron chi connectivity index (χ0n) is 23.8. The van der Waals surface area contributed by atoms with Crippen LogP contribution in [0.25, 0.3) is 0 Å². The Bertz CT molecular complexity index is 1470. The van der Waals surface area contributed by atoms with Crippen LogP contribution in [0.3, 0.4) is 0 Å².